The summed E-state index contributed by atoms with van der Waals surface area (Å²) in [5.74, 6) is 2.06. The van der Waals surface area contributed by atoms with Crippen LogP contribution in [0.5, 0.6) is 0 Å². The molecule has 0 saturated carbocycles. The van der Waals surface area contributed by atoms with Gasteiger partial charge in [-0.25, -0.2) is 0 Å². The Morgan fingerprint density at radius 1 is 1.16 bits per heavy atom. The van der Waals surface area contributed by atoms with Gasteiger partial charge in [-0.3, -0.25) is 4.90 Å². The van der Waals surface area contributed by atoms with Gasteiger partial charge in [-0.15, -0.1) is 12.4 Å². The highest BCUT2D eigenvalue weighted by molar-refractivity contribution is 5.85. The van der Waals surface area contributed by atoms with Crippen molar-refractivity contribution in [2.45, 2.75) is 18.9 Å². The van der Waals surface area contributed by atoms with Gasteiger partial charge in [0.05, 0.1) is 13.2 Å². The van der Waals surface area contributed by atoms with E-state index in [2.05, 4.69) is 20.4 Å². The molecular weight excluding hydrogens is 340 g/mol. The molecule has 1 unspecified atom stereocenters. The average molecular weight is 365 g/mol. The zero-order valence-electron chi connectivity index (χ0n) is 14.3. The zero-order chi connectivity index (χ0) is 16.2. The minimum Gasteiger partial charge on any atom is -0.378 e. The topological polar surface area (TPSA) is 63.4 Å². The van der Waals surface area contributed by atoms with Crippen molar-refractivity contribution in [3.05, 3.63) is 36.2 Å². The molecule has 0 spiro atoms. The molecule has 0 amide bonds. The van der Waals surface area contributed by atoms with Gasteiger partial charge in [0.1, 0.15) is 6.04 Å². The molecule has 1 N–H and O–H groups in total. The molecule has 2 aliphatic heterocycles. The van der Waals surface area contributed by atoms with E-state index in [1.54, 1.807) is 0 Å². The van der Waals surface area contributed by atoms with Crippen molar-refractivity contribution in [1.29, 1.82) is 0 Å². The first-order valence-electron chi connectivity index (χ1n) is 8.81. The maximum atomic E-state index is 5.69. The molecule has 6 nitrogen and oxygen atoms in total. The largest absolute Gasteiger partial charge is 0.378 e. The van der Waals surface area contributed by atoms with Crippen LogP contribution in [-0.4, -0.2) is 54.4 Å². The Morgan fingerprint density at radius 3 is 2.76 bits per heavy atom. The predicted molar refractivity (Wildman–Crippen MR) is 97.7 cm³/mol. The Balaban J connectivity index is 0.00000182. The van der Waals surface area contributed by atoms with Crippen LogP contribution in [0.2, 0.25) is 0 Å². The van der Waals surface area contributed by atoms with Gasteiger partial charge in [0.2, 0.25) is 11.7 Å². The van der Waals surface area contributed by atoms with Crippen molar-refractivity contribution in [1.82, 2.24) is 20.4 Å². The third kappa shape index (κ3) is 4.39. The number of benzene rings is 1. The van der Waals surface area contributed by atoms with Gasteiger partial charge in [-0.1, -0.05) is 35.5 Å². The van der Waals surface area contributed by atoms with Crippen LogP contribution in [0, 0.1) is 5.92 Å². The van der Waals surface area contributed by atoms with Crippen LogP contribution in [0.3, 0.4) is 0 Å². The minimum atomic E-state index is 0. The maximum absolute atomic E-state index is 5.69. The number of halogens is 1. The second kappa shape index (κ2) is 8.76. The fraction of sp³-hybridized carbons (Fsp3) is 0.556. The number of aromatic nitrogens is 2. The molecule has 1 atom stereocenters. The quantitative estimate of drug-likeness (QED) is 0.899. The molecule has 0 bridgehead atoms. The van der Waals surface area contributed by atoms with E-state index < -0.39 is 0 Å². The van der Waals surface area contributed by atoms with Gasteiger partial charge in [0, 0.05) is 18.7 Å². The fourth-order valence-electron chi connectivity index (χ4n) is 3.55. The van der Waals surface area contributed by atoms with Crippen molar-refractivity contribution < 1.29 is 9.26 Å². The summed E-state index contributed by atoms with van der Waals surface area (Å²) >= 11 is 0. The number of nitrogens with zero attached hydrogens (tertiary/aromatic N) is 3. The van der Waals surface area contributed by atoms with Crippen molar-refractivity contribution in [3.8, 4) is 11.4 Å². The summed E-state index contributed by atoms with van der Waals surface area (Å²) in [4.78, 5) is 7.10. The third-order valence-electron chi connectivity index (χ3n) is 4.95. The van der Waals surface area contributed by atoms with E-state index in [1.807, 2.05) is 30.3 Å². The average Bonchev–Trinajstić information content (AvgIpc) is 3.14. The molecule has 4 rings (SSSR count). The summed E-state index contributed by atoms with van der Waals surface area (Å²) in [5, 5.41) is 7.60. The first-order chi connectivity index (χ1) is 11.9. The second-order valence-corrected chi connectivity index (χ2v) is 6.60. The molecule has 2 aromatic rings. The van der Waals surface area contributed by atoms with E-state index in [-0.39, 0.29) is 18.4 Å². The van der Waals surface area contributed by atoms with Crippen LogP contribution in [0.15, 0.2) is 34.9 Å². The lowest BCUT2D eigenvalue weighted by molar-refractivity contribution is -0.0282. The molecule has 1 aromatic carbocycles. The fourth-order valence-corrected chi connectivity index (χ4v) is 3.55. The Morgan fingerprint density at radius 2 is 1.96 bits per heavy atom. The van der Waals surface area contributed by atoms with Crippen LogP contribution in [0.25, 0.3) is 11.4 Å². The second-order valence-electron chi connectivity index (χ2n) is 6.60. The summed E-state index contributed by atoms with van der Waals surface area (Å²) in [5.41, 5.74) is 0.981. The lowest BCUT2D eigenvalue weighted by atomic mass is 9.96. The van der Waals surface area contributed by atoms with Crippen molar-refractivity contribution in [2.75, 3.05) is 39.4 Å². The summed E-state index contributed by atoms with van der Waals surface area (Å²) in [6.45, 7) is 5.66. The highest BCUT2D eigenvalue weighted by Gasteiger charge is 2.31. The molecule has 0 radical (unpaired) electrons. The van der Waals surface area contributed by atoms with Gasteiger partial charge in [0.15, 0.2) is 0 Å². The van der Waals surface area contributed by atoms with Gasteiger partial charge in [0.25, 0.3) is 0 Å². The lowest BCUT2D eigenvalue weighted by Crippen LogP contribution is -2.44. The number of hydrogen-bond acceptors (Lipinski definition) is 6. The molecule has 136 valence electrons. The number of rotatable bonds is 4. The maximum Gasteiger partial charge on any atom is 0.246 e. The Bertz CT molecular complexity index is 646. The molecule has 25 heavy (non-hydrogen) atoms. The highest BCUT2D eigenvalue weighted by atomic mass is 35.5. The van der Waals surface area contributed by atoms with Crippen LogP contribution in [0.1, 0.15) is 24.8 Å². The first-order valence-corrected chi connectivity index (χ1v) is 8.81. The van der Waals surface area contributed by atoms with E-state index in [9.17, 15) is 0 Å². The Hall–Kier alpha value is -1.47. The lowest BCUT2D eigenvalue weighted by Gasteiger charge is -2.36. The van der Waals surface area contributed by atoms with Crippen LogP contribution in [0.4, 0.5) is 0 Å². The number of piperidine rings is 1. The van der Waals surface area contributed by atoms with Crippen LogP contribution in [-0.2, 0) is 4.74 Å². The number of hydrogen-bond donors (Lipinski definition) is 1. The van der Waals surface area contributed by atoms with Gasteiger partial charge in [-0.2, -0.15) is 4.98 Å². The molecule has 2 fully saturated rings. The summed E-state index contributed by atoms with van der Waals surface area (Å²) in [6.07, 6.45) is 2.48. The smallest absolute Gasteiger partial charge is 0.246 e. The van der Waals surface area contributed by atoms with E-state index in [1.165, 1.54) is 12.8 Å². The van der Waals surface area contributed by atoms with E-state index in [0.29, 0.717) is 18.3 Å². The zero-order valence-corrected chi connectivity index (χ0v) is 15.1. The monoisotopic (exact) mass is 364 g/mol. The Labute approximate surface area is 154 Å². The predicted octanol–water partition coefficient (Wildman–Crippen LogP) is 2.53. The number of morpholine rings is 1. The minimum absolute atomic E-state index is 0. The van der Waals surface area contributed by atoms with Crippen molar-refractivity contribution in [2.24, 2.45) is 5.92 Å². The normalized spacial score (nSPS) is 22.5. The van der Waals surface area contributed by atoms with E-state index in [0.717, 1.165) is 44.3 Å². The van der Waals surface area contributed by atoms with E-state index >= 15 is 0 Å². The van der Waals surface area contributed by atoms with Gasteiger partial charge < -0.3 is 14.6 Å². The standard InChI is InChI=1S/C18H24N4O2.ClH/c1-2-4-15(5-3-1)17-20-18(24-21-17)16-13-23-11-10-22(16)12-14-6-8-19-9-7-14;/h1-5,14,16,19H,6-13H2;1H. The summed E-state index contributed by atoms with van der Waals surface area (Å²) in [6, 6.07) is 10.0. The molecular formula is C18H25ClN4O2. The van der Waals surface area contributed by atoms with E-state index in [4.69, 9.17) is 9.26 Å². The van der Waals surface area contributed by atoms with Crippen LogP contribution >= 0.6 is 12.4 Å². The van der Waals surface area contributed by atoms with Gasteiger partial charge in [-0.05, 0) is 31.8 Å². The SMILES string of the molecule is Cl.c1ccc(-c2noc(C3COCCN3CC3CCNCC3)n2)cc1. The Kier molecular flexibility index (Phi) is 6.42. The number of ether oxygens (including phenoxy) is 1. The molecule has 7 heteroatoms. The highest BCUT2D eigenvalue weighted by Crippen LogP contribution is 2.27. The molecule has 1 aromatic heterocycles. The van der Waals surface area contributed by atoms with Crippen molar-refractivity contribution >= 4 is 12.4 Å². The van der Waals surface area contributed by atoms with Crippen LogP contribution < -0.4 is 5.32 Å². The summed E-state index contributed by atoms with van der Waals surface area (Å²) in [7, 11) is 0. The molecule has 2 saturated heterocycles. The van der Waals surface area contributed by atoms with Crippen molar-refractivity contribution in [3.63, 3.8) is 0 Å². The van der Waals surface area contributed by atoms with Gasteiger partial charge >= 0.3 is 0 Å². The molecule has 2 aliphatic rings. The molecule has 0 aliphatic carbocycles. The molecule has 3 heterocycles. The number of nitrogens with one attached hydrogen (secondary N) is 1. The summed E-state index contributed by atoms with van der Waals surface area (Å²) < 4.78 is 11.3. The first kappa shape index (κ1) is 18.3. The third-order valence-corrected chi connectivity index (χ3v) is 4.95.